The van der Waals surface area contributed by atoms with Gasteiger partial charge in [-0.25, -0.2) is 14.6 Å². The molecule has 1 unspecified atom stereocenters. The van der Waals surface area contributed by atoms with Gasteiger partial charge in [0, 0.05) is 19.0 Å². The summed E-state index contributed by atoms with van der Waals surface area (Å²) >= 11 is 0. The molecule has 8 heteroatoms. The molecule has 2 aromatic heterocycles. The summed E-state index contributed by atoms with van der Waals surface area (Å²) in [6.45, 7) is 3.73. The zero-order chi connectivity index (χ0) is 21.4. The lowest BCUT2D eigenvalue weighted by molar-refractivity contribution is -0.148. The molecule has 1 aliphatic heterocycles. The smallest absolute Gasteiger partial charge is 0.310 e. The van der Waals surface area contributed by atoms with Crippen LogP contribution in [0.2, 0.25) is 0 Å². The van der Waals surface area contributed by atoms with Gasteiger partial charge in [-0.1, -0.05) is 0 Å². The van der Waals surface area contributed by atoms with Crippen LogP contribution >= 0.6 is 0 Å². The lowest BCUT2D eigenvalue weighted by atomic mass is 9.98. The van der Waals surface area contributed by atoms with Gasteiger partial charge < -0.3 is 14.4 Å². The molecule has 31 heavy (non-hydrogen) atoms. The van der Waals surface area contributed by atoms with E-state index < -0.39 is 0 Å². The van der Waals surface area contributed by atoms with Crippen molar-refractivity contribution < 1.29 is 14.3 Å². The van der Waals surface area contributed by atoms with E-state index in [-0.39, 0.29) is 11.9 Å². The van der Waals surface area contributed by atoms with Gasteiger partial charge in [0.05, 0.1) is 36.9 Å². The summed E-state index contributed by atoms with van der Waals surface area (Å²) in [6, 6.07) is 7.78. The molecule has 2 fully saturated rings. The molecule has 1 atom stereocenters. The molecule has 0 amide bonds. The zero-order valence-corrected chi connectivity index (χ0v) is 18.0. The van der Waals surface area contributed by atoms with Gasteiger partial charge in [0.15, 0.2) is 5.65 Å². The number of esters is 1. The van der Waals surface area contributed by atoms with Crippen molar-refractivity contribution in [3.63, 3.8) is 0 Å². The molecular formula is C23H27N5O3. The average molecular weight is 422 g/mol. The summed E-state index contributed by atoms with van der Waals surface area (Å²) < 4.78 is 12.4. The SMILES string of the molecule is CCOC(=O)C1CCCN(c2nc(C3CC3)nc3c2cnn3-c2ccc(OC)cc2)C1. The second-order valence-corrected chi connectivity index (χ2v) is 8.21. The summed E-state index contributed by atoms with van der Waals surface area (Å²) in [4.78, 5) is 24.4. The summed E-state index contributed by atoms with van der Waals surface area (Å²) in [5.41, 5.74) is 1.72. The highest BCUT2D eigenvalue weighted by Gasteiger charge is 2.32. The first-order chi connectivity index (χ1) is 15.2. The Morgan fingerprint density at radius 2 is 1.97 bits per heavy atom. The van der Waals surface area contributed by atoms with Crippen LogP contribution in [0, 0.1) is 5.92 Å². The van der Waals surface area contributed by atoms with Gasteiger partial charge in [0.2, 0.25) is 0 Å². The van der Waals surface area contributed by atoms with Crippen molar-refractivity contribution in [1.82, 2.24) is 19.7 Å². The molecule has 5 rings (SSSR count). The highest BCUT2D eigenvalue weighted by Crippen LogP contribution is 2.40. The Morgan fingerprint density at radius 1 is 1.16 bits per heavy atom. The number of hydrogen-bond acceptors (Lipinski definition) is 7. The summed E-state index contributed by atoms with van der Waals surface area (Å²) in [6.07, 6.45) is 5.85. The number of aromatic nitrogens is 4. The second-order valence-electron chi connectivity index (χ2n) is 8.21. The van der Waals surface area contributed by atoms with Crippen LogP contribution in [0.5, 0.6) is 5.75 Å². The molecule has 3 aromatic rings. The van der Waals surface area contributed by atoms with Crippen molar-refractivity contribution in [2.24, 2.45) is 5.92 Å². The fraction of sp³-hybridized carbons (Fsp3) is 0.478. The molecule has 162 valence electrons. The minimum absolute atomic E-state index is 0.117. The number of piperidine rings is 1. The number of carbonyl (C=O) groups is 1. The molecule has 1 saturated carbocycles. The summed E-state index contributed by atoms with van der Waals surface area (Å²) in [5, 5.41) is 5.54. The monoisotopic (exact) mass is 421 g/mol. The van der Waals surface area contributed by atoms with E-state index in [1.54, 1.807) is 7.11 Å². The molecule has 1 saturated heterocycles. The number of benzene rings is 1. The molecule has 0 spiro atoms. The Morgan fingerprint density at radius 3 is 2.68 bits per heavy atom. The largest absolute Gasteiger partial charge is 0.497 e. The molecule has 0 N–H and O–H groups in total. The number of hydrogen-bond donors (Lipinski definition) is 0. The number of carbonyl (C=O) groups excluding carboxylic acids is 1. The molecule has 3 heterocycles. The van der Waals surface area contributed by atoms with E-state index in [1.807, 2.05) is 42.1 Å². The molecular weight excluding hydrogens is 394 g/mol. The Hall–Kier alpha value is -3.16. The van der Waals surface area contributed by atoms with Crippen molar-refractivity contribution >= 4 is 22.8 Å². The van der Waals surface area contributed by atoms with Crippen LogP contribution in [-0.2, 0) is 9.53 Å². The van der Waals surface area contributed by atoms with Crippen molar-refractivity contribution in [3.05, 3.63) is 36.3 Å². The summed E-state index contributed by atoms with van der Waals surface area (Å²) in [5.74, 6) is 2.71. The quantitative estimate of drug-likeness (QED) is 0.564. The molecule has 0 bridgehead atoms. The number of nitrogens with zero attached hydrogens (tertiary/aromatic N) is 5. The zero-order valence-electron chi connectivity index (χ0n) is 18.0. The fourth-order valence-corrected chi connectivity index (χ4v) is 4.21. The minimum Gasteiger partial charge on any atom is -0.497 e. The number of ether oxygens (including phenoxy) is 2. The molecule has 0 radical (unpaired) electrons. The Labute approximate surface area is 181 Å². The van der Waals surface area contributed by atoms with E-state index in [9.17, 15) is 4.79 Å². The Kier molecular flexibility index (Phi) is 5.21. The van der Waals surface area contributed by atoms with Crippen molar-refractivity contribution in [3.8, 4) is 11.4 Å². The van der Waals surface area contributed by atoms with Crippen molar-refractivity contribution in [1.29, 1.82) is 0 Å². The van der Waals surface area contributed by atoms with Gasteiger partial charge in [-0.3, -0.25) is 4.79 Å². The minimum atomic E-state index is -0.125. The van der Waals surface area contributed by atoms with E-state index in [1.165, 1.54) is 0 Å². The number of rotatable bonds is 6. The van der Waals surface area contributed by atoms with Gasteiger partial charge in [-0.05, 0) is 56.9 Å². The van der Waals surface area contributed by atoms with E-state index in [4.69, 9.17) is 19.4 Å². The lowest BCUT2D eigenvalue weighted by Crippen LogP contribution is -2.40. The lowest BCUT2D eigenvalue weighted by Gasteiger charge is -2.32. The topological polar surface area (TPSA) is 82.4 Å². The van der Waals surface area contributed by atoms with E-state index in [2.05, 4.69) is 10.00 Å². The van der Waals surface area contributed by atoms with E-state index in [0.717, 1.165) is 66.3 Å². The Bertz CT molecular complexity index is 1090. The molecule has 2 aliphatic rings. The van der Waals surface area contributed by atoms with E-state index in [0.29, 0.717) is 19.1 Å². The van der Waals surface area contributed by atoms with Gasteiger partial charge >= 0.3 is 5.97 Å². The third kappa shape index (κ3) is 3.82. The van der Waals surface area contributed by atoms with Crippen LogP contribution in [0.1, 0.15) is 44.3 Å². The first-order valence-electron chi connectivity index (χ1n) is 11.0. The maximum absolute atomic E-state index is 12.4. The maximum atomic E-state index is 12.4. The predicted molar refractivity (Wildman–Crippen MR) is 117 cm³/mol. The third-order valence-electron chi connectivity index (χ3n) is 6.03. The molecule has 1 aliphatic carbocycles. The first-order valence-corrected chi connectivity index (χ1v) is 11.0. The van der Waals surface area contributed by atoms with Crippen LogP contribution in [0.3, 0.4) is 0 Å². The summed E-state index contributed by atoms with van der Waals surface area (Å²) in [7, 11) is 1.65. The van der Waals surface area contributed by atoms with Gasteiger partial charge in [-0.2, -0.15) is 5.10 Å². The van der Waals surface area contributed by atoms with Crippen LogP contribution in [-0.4, -0.2) is 52.5 Å². The third-order valence-corrected chi connectivity index (χ3v) is 6.03. The maximum Gasteiger partial charge on any atom is 0.310 e. The molecule has 8 nitrogen and oxygen atoms in total. The van der Waals surface area contributed by atoms with Crippen LogP contribution < -0.4 is 9.64 Å². The van der Waals surface area contributed by atoms with Crippen LogP contribution in [0.15, 0.2) is 30.5 Å². The fourth-order valence-electron chi connectivity index (χ4n) is 4.21. The highest BCUT2D eigenvalue weighted by molar-refractivity contribution is 5.88. The number of fused-ring (bicyclic) bond motifs is 1. The molecule has 1 aromatic carbocycles. The highest BCUT2D eigenvalue weighted by atomic mass is 16.5. The van der Waals surface area contributed by atoms with Crippen molar-refractivity contribution in [2.75, 3.05) is 31.7 Å². The van der Waals surface area contributed by atoms with E-state index >= 15 is 0 Å². The standard InChI is InChI=1S/C23H27N5O3/c1-3-31-23(29)16-5-4-12-27(14-16)21-19-13-24-28(17-8-10-18(30-2)11-9-17)22(19)26-20(25-21)15-6-7-15/h8-11,13,15-16H,3-7,12,14H2,1-2H3. The van der Waals surface area contributed by atoms with Crippen LogP contribution in [0.4, 0.5) is 5.82 Å². The number of anilines is 1. The predicted octanol–water partition coefficient (Wildman–Crippen LogP) is 3.48. The number of methoxy groups -OCH3 is 1. The normalized spacial score (nSPS) is 18.9. The van der Waals surface area contributed by atoms with Crippen molar-refractivity contribution in [2.45, 2.75) is 38.5 Å². The van der Waals surface area contributed by atoms with Crippen LogP contribution in [0.25, 0.3) is 16.7 Å². The first kappa shape index (κ1) is 19.8. The van der Waals surface area contributed by atoms with Gasteiger partial charge in [0.25, 0.3) is 0 Å². The Balaban J connectivity index is 1.55. The van der Waals surface area contributed by atoms with Gasteiger partial charge in [-0.15, -0.1) is 0 Å². The average Bonchev–Trinajstić information content (AvgIpc) is 3.58. The second kappa shape index (κ2) is 8.17. The van der Waals surface area contributed by atoms with Gasteiger partial charge in [0.1, 0.15) is 17.4 Å².